The van der Waals surface area contributed by atoms with Crippen molar-refractivity contribution >= 4 is 17.6 Å². The highest BCUT2D eigenvalue weighted by Gasteiger charge is 2.05. The lowest BCUT2D eigenvalue weighted by atomic mass is 10.1. The van der Waals surface area contributed by atoms with Gasteiger partial charge in [0.2, 0.25) is 11.8 Å². The maximum absolute atomic E-state index is 11.7. The lowest BCUT2D eigenvalue weighted by molar-refractivity contribution is -0.125. The average Bonchev–Trinajstić information content (AvgIpc) is 2.55. The second-order valence-corrected chi connectivity index (χ2v) is 5.19. The average molecular weight is 319 g/mol. The molecule has 23 heavy (non-hydrogen) atoms. The molecule has 7 heteroatoms. The van der Waals surface area contributed by atoms with Crippen LogP contribution in [0, 0.1) is 5.41 Å². The van der Waals surface area contributed by atoms with Gasteiger partial charge in [-0.2, -0.15) is 0 Å². The van der Waals surface area contributed by atoms with Crippen LogP contribution in [0.5, 0.6) is 0 Å². The summed E-state index contributed by atoms with van der Waals surface area (Å²) in [6.07, 6.45) is 2.10. The molecule has 0 aliphatic heterocycles. The zero-order valence-electron chi connectivity index (χ0n) is 13.4. The summed E-state index contributed by atoms with van der Waals surface area (Å²) in [5.41, 5.74) is 6.91. The number of carbonyl (C=O) groups excluding carboxylic acids is 2. The molecule has 7 nitrogen and oxygen atoms in total. The molecule has 0 atom stereocenters. The SMILES string of the molecule is CCCCNCC(=O)NCC(=O)NCc1ccc(C(=N)N)cc1. The van der Waals surface area contributed by atoms with Gasteiger partial charge in [0.1, 0.15) is 5.84 Å². The van der Waals surface area contributed by atoms with Crippen molar-refractivity contribution < 1.29 is 9.59 Å². The minimum atomic E-state index is -0.248. The number of rotatable bonds is 10. The van der Waals surface area contributed by atoms with E-state index in [1.165, 1.54) is 0 Å². The van der Waals surface area contributed by atoms with Gasteiger partial charge in [-0.15, -0.1) is 0 Å². The summed E-state index contributed by atoms with van der Waals surface area (Å²) in [6.45, 7) is 3.42. The first-order valence-corrected chi connectivity index (χ1v) is 7.70. The largest absolute Gasteiger partial charge is 0.384 e. The van der Waals surface area contributed by atoms with Gasteiger partial charge < -0.3 is 21.7 Å². The molecular weight excluding hydrogens is 294 g/mol. The number of amides is 2. The minimum Gasteiger partial charge on any atom is -0.384 e. The van der Waals surface area contributed by atoms with E-state index >= 15 is 0 Å². The highest BCUT2D eigenvalue weighted by Crippen LogP contribution is 2.03. The summed E-state index contributed by atoms with van der Waals surface area (Å²) in [6, 6.07) is 7.06. The fourth-order valence-corrected chi connectivity index (χ4v) is 1.81. The topological polar surface area (TPSA) is 120 Å². The monoisotopic (exact) mass is 319 g/mol. The van der Waals surface area contributed by atoms with E-state index < -0.39 is 0 Å². The maximum atomic E-state index is 11.7. The van der Waals surface area contributed by atoms with Crippen molar-refractivity contribution in [2.45, 2.75) is 26.3 Å². The van der Waals surface area contributed by atoms with Gasteiger partial charge in [0.25, 0.3) is 0 Å². The number of amidine groups is 1. The van der Waals surface area contributed by atoms with Crippen LogP contribution in [-0.2, 0) is 16.1 Å². The van der Waals surface area contributed by atoms with Crippen LogP contribution in [0.1, 0.15) is 30.9 Å². The fraction of sp³-hybridized carbons (Fsp3) is 0.438. The predicted octanol–water partition coefficient (Wildman–Crippen LogP) is 0.0928. The molecule has 0 radical (unpaired) electrons. The quantitative estimate of drug-likeness (QED) is 0.238. The third kappa shape index (κ3) is 7.96. The Morgan fingerprint density at radius 3 is 2.35 bits per heavy atom. The molecule has 0 spiro atoms. The van der Waals surface area contributed by atoms with Crippen LogP contribution in [0.2, 0.25) is 0 Å². The van der Waals surface area contributed by atoms with Gasteiger partial charge in [0, 0.05) is 12.1 Å². The molecule has 1 rings (SSSR count). The van der Waals surface area contributed by atoms with Gasteiger partial charge in [-0.25, -0.2) is 0 Å². The van der Waals surface area contributed by atoms with Crippen molar-refractivity contribution in [2.24, 2.45) is 5.73 Å². The Bertz CT molecular complexity index is 528. The van der Waals surface area contributed by atoms with E-state index in [2.05, 4.69) is 22.9 Å². The van der Waals surface area contributed by atoms with Crippen molar-refractivity contribution in [3.8, 4) is 0 Å². The molecule has 0 aliphatic carbocycles. The van der Waals surface area contributed by atoms with Crippen molar-refractivity contribution in [2.75, 3.05) is 19.6 Å². The van der Waals surface area contributed by atoms with E-state index in [4.69, 9.17) is 11.1 Å². The third-order valence-corrected chi connectivity index (χ3v) is 3.19. The molecule has 6 N–H and O–H groups in total. The Kier molecular flexibility index (Phi) is 8.38. The lowest BCUT2D eigenvalue weighted by Crippen LogP contribution is -2.40. The Hall–Kier alpha value is -2.41. The summed E-state index contributed by atoms with van der Waals surface area (Å²) in [5, 5.41) is 15.6. The number of nitrogens with one attached hydrogen (secondary N) is 4. The van der Waals surface area contributed by atoms with Gasteiger partial charge in [-0.05, 0) is 18.5 Å². The normalized spacial score (nSPS) is 10.1. The van der Waals surface area contributed by atoms with Gasteiger partial charge in [0.15, 0.2) is 0 Å². The Morgan fingerprint density at radius 1 is 1.09 bits per heavy atom. The van der Waals surface area contributed by atoms with Crippen LogP contribution in [0.15, 0.2) is 24.3 Å². The molecule has 0 aliphatic rings. The number of hydrogen-bond donors (Lipinski definition) is 5. The molecule has 2 amide bonds. The summed E-state index contributed by atoms with van der Waals surface area (Å²) in [7, 11) is 0. The number of nitrogen functional groups attached to an aromatic ring is 1. The molecule has 0 fully saturated rings. The van der Waals surface area contributed by atoms with E-state index in [-0.39, 0.29) is 30.7 Å². The Morgan fingerprint density at radius 2 is 1.74 bits per heavy atom. The maximum Gasteiger partial charge on any atom is 0.239 e. The van der Waals surface area contributed by atoms with Crippen molar-refractivity contribution in [3.05, 3.63) is 35.4 Å². The number of unbranched alkanes of at least 4 members (excludes halogenated alkanes) is 1. The first-order valence-electron chi connectivity index (χ1n) is 7.70. The molecule has 0 saturated heterocycles. The first-order chi connectivity index (χ1) is 11.0. The smallest absolute Gasteiger partial charge is 0.239 e. The summed E-state index contributed by atoms with van der Waals surface area (Å²) < 4.78 is 0. The third-order valence-electron chi connectivity index (χ3n) is 3.19. The van der Waals surface area contributed by atoms with Gasteiger partial charge in [-0.3, -0.25) is 15.0 Å². The van der Waals surface area contributed by atoms with E-state index in [1.807, 2.05) is 0 Å². The van der Waals surface area contributed by atoms with Gasteiger partial charge in [-0.1, -0.05) is 37.6 Å². The Balaban J connectivity index is 2.21. The molecule has 0 saturated carbocycles. The minimum absolute atomic E-state index is 0.0100. The van der Waals surface area contributed by atoms with Crippen molar-refractivity contribution in [3.63, 3.8) is 0 Å². The molecular formula is C16H25N5O2. The van der Waals surface area contributed by atoms with Crippen LogP contribution in [0.25, 0.3) is 0 Å². The second kappa shape index (κ2) is 10.3. The van der Waals surface area contributed by atoms with Crippen LogP contribution in [0.4, 0.5) is 0 Å². The van der Waals surface area contributed by atoms with Crippen molar-refractivity contribution in [1.82, 2.24) is 16.0 Å². The molecule has 0 heterocycles. The zero-order valence-corrected chi connectivity index (χ0v) is 13.4. The van der Waals surface area contributed by atoms with Crippen LogP contribution < -0.4 is 21.7 Å². The lowest BCUT2D eigenvalue weighted by Gasteiger charge is -2.08. The standard InChI is InChI=1S/C16H25N5O2/c1-2-3-8-19-10-14(22)21-11-15(23)20-9-12-4-6-13(7-5-12)16(17)18/h4-7,19H,2-3,8-11H2,1H3,(H3,17,18)(H,20,23)(H,21,22). The zero-order chi connectivity index (χ0) is 17.1. The first kappa shape index (κ1) is 18.6. The fourth-order valence-electron chi connectivity index (χ4n) is 1.81. The van der Waals surface area contributed by atoms with Crippen LogP contribution in [-0.4, -0.2) is 37.3 Å². The molecule has 0 bridgehead atoms. The van der Waals surface area contributed by atoms with E-state index in [9.17, 15) is 9.59 Å². The summed E-state index contributed by atoms with van der Waals surface area (Å²) in [5.74, 6) is -0.430. The van der Waals surface area contributed by atoms with E-state index in [1.54, 1.807) is 24.3 Å². The Labute approximate surface area is 136 Å². The summed E-state index contributed by atoms with van der Waals surface area (Å²) >= 11 is 0. The molecule has 0 unspecified atom stereocenters. The van der Waals surface area contributed by atoms with Gasteiger partial charge >= 0.3 is 0 Å². The van der Waals surface area contributed by atoms with E-state index in [0.29, 0.717) is 12.1 Å². The predicted molar refractivity (Wildman–Crippen MR) is 90.1 cm³/mol. The van der Waals surface area contributed by atoms with Gasteiger partial charge in [0.05, 0.1) is 13.1 Å². The highest BCUT2D eigenvalue weighted by molar-refractivity contribution is 5.94. The number of carbonyl (C=O) groups is 2. The second-order valence-electron chi connectivity index (χ2n) is 5.19. The molecule has 1 aromatic rings. The van der Waals surface area contributed by atoms with E-state index in [0.717, 1.165) is 24.9 Å². The van der Waals surface area contributed by atoms with Crippen LogP contribution >= 0.6 is 0 Å². The number of nitrogens with two attached hydrogens (primary N) is 1. The number of benzene rings is 1. The van der Waals surface area contributed by atoms with Crippen LogP contribution in [0.3, 0.4) is 0 Å². The molecule has 0 aromatic heterocycles. The summed E-state index contributed by atoms with van der Waals surface area (Å²) in [4.78, 5) is 23.2. The molecule has 126 valence electrons. The van der Waals surface area contributed by atoms with Crippen molar-refractivity contribution in [1.29, 1.82) is 5.41 Å². The highest BCUT2D eigenvalue weighted by atomic mass is 16.2. The molecule has 1 aromatic carbocycles. The number of hydrogen-bond acceptors (Lipinski definition) is 4.